The van der Waals surface area contributed by atoms with Crippen molar-refractivity contribution in [3.8, 4) is 17.0 Å². The van der Waals surface area contributed by atoms with Crippen molar-refractivity contribution in [3.63, 3.8) is 0 Å². The van der Waals surface area contributed by atoms with E-state index in [1.807, 2.05) is 30.0 Å². The van der Waals surface area contributed by atoms with E-state index >= 15 is 4.39 Å². The average molecular weight is 586 g/mol. The number of H-pyrrole nitrogens is 1. The summed E-state index contributed by atoms with van der Waals surface area (Å²) in [5.41, 5.74) is 2.33. The van der Waals surface area contributed by atoms with Crippen molar-refractivity contribution in [2.45, 2.75) is 38.4 Å². The smallest absolute Gasteiger partial charge is 0.166 e. The maximum absolute atomic E-state index is 15.3. The first-order valence-electron chi connectivity index (χ1n) is 13.5. The Bertz CT molecular complexity index is 1500. The molecule has 0 unspecified atom stereocenters. The number of rotatable bonds is 9. The van der Waals surface area contributed by atoms with Crippen LogP contribution in [0.4, 0.5) is 10.2 Å². The molecule has 2 aliphatic rings. The molecule has 3 aromatic heterocycles. The number of aromatic nitrogens is 4. The zero-order chi connectivity index (χ0) is 27.9. The summed E-state index contributed by atoms with van der Waals surface area (Å²) in [7, 11) is 0. The molecular formula is C29H31Cl2FN6O2. The normalized spacial score (nSPS) is 17.8. The summed E-state index contributed by atoms with van der Waals surface area (Å²) in [6.07, 6.45) is 6.85. The molecule has 40 heavy (non-hydrogen) atoms. The highest BCUT2D eigenvalue weighted by Crippen LogP contribution is 2.36. The second-order valence-electron chi connectivity index (χ2n) is 10.8. The number of hydrogen-bond acceptors (Lipinski definition) is 7. The highest BCUT2D eigenvalue weighted by atomic mass is 35.5. The Kier molecular flexibility index (Phi) is 7.56. The maximum atomic E-state index is 15.3. The lowest BCUT2D eigenvalue weighted by atomic mass is 9.96. The van der Waals surface area contributed by atoms with Crippen molar-refractivity contribution in [2.24, 2.45) is 0 Å². The van der Waals surface area contributed by atoms with Crippen LogP contribution in [0, 0.1) is 5.82 Å². The summed E-state index contributed by atoms with van der Waals surface area (Å²) in [4.78, 5) is 12.8. The molecule has 2 saturated heterocycles. The van der Waals surface area contributed by atoms with Gasteiger partial charge in [-0.1, -0.05) is 23.2 Å². The Morgan fingerprint density at radius 1 is 1.10 bits per heavy atom. The summed E-state index contributed by atoms with van der Waals surface area (Å²) in [5.74, 6) is 0.533. The fourth-order valence-corrected chi connectivity index (χ4v) is 6.25. The van der Waals surface area contributed by atoms with E-state index in [4.69, 9.17) is 32.7 Å². The Balaban J connectivity index is 1.14. The van der Waals surface area contributed by atoms with E-state index in [-0.39, 0.29) is 5.60 Å². The van der Waals surface area contributed by atoms with Gasteiger partial charge in [0.15, 0.2) is 11.6 Å². The molecule has 0 aliphatic carbocycles. The second-order valence-corrected chi connectivity index (χ2v) is 11.6. The van der Waals surface area contributed by atoms with Crippen molar-refractivity contribution in [1.29, 1.82) is 0 Å². The zero-order valence-corrected chi connectivity index (χ0v) is 24.0. The third-order valence-corrected chi connectivity index (χ3v) is 8.25. The number of ether oxygens (including phenoxy) is 2. The number of benzene rings is 1. The van der Waals surface area contributed by atoms with Gasteiger partial charge in [-0.15, -0.1) is 0 Å². The van der Waals surface area contributed by atoms with Gasteiger partial charge in [-0.3, -0.25) is 10.1 Å². The molecule has 0 saturated carbocycles. The number of anilines is 1. The lowest BCUT2D eigenvalue weighted by Gasteiger charge is -2.48. The number of pyridine rings is 2. The van der Waals surface area contributed by atoms with Crippen LogP contribution in [-0.2, 0) is 4.74 Å². The topological polar surface area (TPSA) is 79.4 Å². The first-order chi connectivity index (χ1) is 19.3. The van der Waals surface area contributed by atoms with Gasteiger partial charge in [0.2, 0.25) is 0 Å². The van der Waals surface area contributed by atoms with Gasteiger partial charge in [-0.25, -0.2) is 9.37 Å². The van der Waals surface area contributed by atoms with Crippen LogP contribution < -0.4 is 9.64 Å². The molecule has 1 aromatic carbocycles. The minimum absolute atomic E-state index is 0.289. The minimum atomic E-state index is -0.416. The Morgan fingerprint density at radius 2 is 1.85 bits per heavy atom. The van der Waals surface area contributed by atoms with Crippen LogP contribution in [0.1, 0.15) is 38.4 Å². The van der Waals surface area contributed by atoms with Crippen LogP contribution in [0.3, 0.4) is 0 Å². The Labute approximate surface area is 242 Å². The first-order valence-corrected chi connectivity index (χ1v) is 14.3. The summed E-state index contributed by atoms with van der Waals surface area (Å²) in [6.45, 7) is 9.10. The molecule has 0 bridgehead atoms. The van der Waals surface area contributed by atoms with Crippen LogP contribution in [0.2, 0.25) is 10.0 Å². The molecule has 5 heterocycles. The summed E-state index contributed by atoms with van der Waals surface area (Å²) < 4.78 is 27.6. The monoisotopic (exact) mass is 584 g/mol. The van der Waals surface area contributed by atoms with Gasteiger partial charge in [-0.05, 0) is 64.0 Å². The van der Waals surface area contributed by atoms with Crippen molar-refractivity contribution in [1.82, 2.24) is 25.1 Å². The van der Waals surface area contributed by atoms with Gasteiger partial charge in [0.1, 0.15) is 23.1 Å². The van der Waals surface area contributed by atoms with Crippen LogP contribution in [0.15, 0.2) is 42.9 Å². The summed E-state index contributed by atoms with van der Waals surface area (Å²) in [5, 5.41) is 9.10. The molecular weight excluding hydrogens is 554 g/mol. The first kappa shape index (κ1) is 27.2. The second kappa shape index (κ2) is 11.1. The van der Waals surface area contributed by atoms with Crippen LogP contribution >= 0.6 is 23.2 Å². The van der Waals surface area contributed by atoms with Crippen molar-refractivity contribution >= 4 is 39.9 Å². The predicted molar refractivity (Wildman–Crippen MR) is 155 cm³/mol. The van der Waals surface area contributed by atoms with E-state index in [0.717, 1.165) is 30.5 Å². The molecule has 0 radical (unpaired) electrons. The number of fused-ring (bicyclic) bond motifs is 1. The molecule has 2 fully saturated rings. The number of likely N-dealkylation sites (tertiary alicyclic amines) is 1. The molecule has 2 aliphatic heterocycles. The molecule has 1 atom stereocenters. The van der Waals surface area contributed by atoms with Gasteiger partial charge in [0.25, 0.3) is 0 Å². The molecule has 11 heteroatoms. The predicted octanol–water partition coefficient (Wildman–Crippen LogP) is 6.30. The largest absolute Gasteiger partial charge is 0.486 e. The zero-order valence-electron chi connectivity index (χ0n) is 22.5. The lowest BCUT2D eigenvalue weighted by Crippen LogP contribution is -2.62. The number of nitrogens with zero attached hydrogens (tertiary/aromatic N) is 5. The van der Waals surface area contributed by atoms with E-state index in [2.05, 4.69) is 32.0 Å². The fraction of sp³-hybridized carbons (Fsp3) is 0.414. The van der Waals surface area contributed by atoms with Gasteiger partial charge in [-0.2, -0.15) is 5.10 Å². The molecule has 8 nitrogen and oxygen atoms in total. The van der Waals surface area contributed by atoms with E-state index in [9.17, 15) is 0 Å². The maximum Gasteiger partial charge on any atom is 0.166 e. The number of aromatic amines is 1. The number of halogens is 3. The number of nitrogens with one attached hydrogen (secondary N) is 1. The van der Waals surface area contributed by atoms with Gasteiger partial charge < -0.3 is 19.3 Å². The van der Waals surface area contributed by atoms with Gasteiger partial charge in [0, 0.05) is 41.6 Å². The van der Waals surface area contributed by atoms with Crippen LogP contribution in [0.25, 0.3) is 22.2 Å². The summed E-state index contributed by atoms with van der Waals surface area (Å²) >= 11 is 12.6. The van der Waals surface area contributed by atoms with Crippen LogP contribution in [0.5, 0.6) is 5.75 Å². The highest BCUT2D eigenvalue weighted by molar-refractivity contribution is 6.35. The number of hydrogen-bond donors (Lipinski definition) is 1. The van der Waals surface area contributed by atoms with Crippen molar-refractivity contribution in [2.75, 3.05) is 44.2 Å². The van der Waals surface area contributed by atoms with E-state index in [0.29, 0.717) is 58.1 Å². The van der Waals surface area contributed by atoms with Crippen molar-refractivity contribution in [3.05, 3.63) is 64.3 Å². The Hall–Kier alpha value is -2.98. The van der Waals surface area contributed by atoms with Gasteiger partial charge >= 0.3 is 0 Å². The molecule has 1 N–H and O–H groups in total. The standard InChI is InChI=1S/C29H31Cl2FN6O2/c1-18(26-22(30)14-33-15-23(26)31)40-20-5-6-25-21(12-20)27(36-35-25)19-11-24(32)28(34-13-19)38-16-29(2,17-38)39-10-9-37-7-3-4-8-37/h5-6,11-15,18H,3-4,7-10,16-17H2,1-2H3,(H,35,36)/t18-/m1/s1. The molecule has 0 spiro atoms. The molecule has 210 valence electrons. The van der Waals surface area contributed by atoms with E-state index in [1.165, 1.54) is 31.3 Å². The van der Waals surface area contributed by atoms with E-state index < -0.39 is 11.9 Å². The van der Waals surface area contributed by atoms with Gasteiger partial charge in [0.05, 0.1) is 35.3 Å². The van der Waals surface area contributed by atoms with E-state index in [1.54, 1.807) is 6.20 Å². The third-order valence-electron chi connectivity index (χ3n) is 7.65. The van der Waals surface area contributed by atoms with Crippen molar-refractivity contribution < 1.29 is 13.9 Å². The average Bonchev–Trinajstić information content (AvgIpc) is 3.57. The highest BCUT2D eigenvalue weighted by Gasteiger charge is 2.41. The summed E-state index contributed by atoms with van der Waals surface area (Å²) in [6, 6.07) is 7.04. The molecule has 6 rings (SSSR count). The molecule has 0 amide bonds. The Morgan fingerprint density at radius 3 is 2.58 bits per heavy atom. The SMILES string of the molecule is C[C@@H](Oc1ccc2[nH]nc(-c3cnc(N4CC(C)(OCCN5CCCC5)C4)c(F)c3)c2c1)c1c(Cl)cncc1Cl. The lowest BCUT2D eigenvalue weighted by molar-refractivity contribution is -0.0566. The molecule has 4 aromatic rings. The minimum Gasteiger partial charge on any atom is -0.486 e. The quantitative estimate of drug-likeness (QED) is 0.247. The third kappa shape index (κ3) is 5.48. The van der Waals surface area contributed by atoms with Crippen LogP contribution in [-0.4, -0.2) is 70.0 Å². The fourth-order valence-electron chi connectivity index (χ4n) is 5.58.